The molecule has 0 saturated heterocycles. The first-order chi connectivity index (χ1) is 2.27. The van der Waals surface area contributed by atoms with E-state index in [0.717, 1.165) is 0 Å². The van der Waals surface area contributed by atoms with Crippen LogP contribution in [0.5, 0.6) is 0 Å². The van der Waals surface area contributed by atoms with Gasteiger partial charge in [0.1, 0.15) is 0 Å². The molecule has 0 aliphatic carbocycles. The first-order valence-electron chi connectivity index (χ1n) is 1.56. The molecule has 14 heavy (non-hydrogen) atoms. The van der Waals surface area contributed by atoms with E-state index < -0.39 is 6.10 Å². The second kappa shape index (κ2) is 71.2. The molecular formula is C3H8AlCl7O2Zr. The summed E-state index contributed by atoms with van der Waals surface area (Å²) >= 11 is 0. The van der Waals surface area contributed by atoms with Gasteiger partial charge in [0.05, 0.1) is 12.7 Å². The molecule has 2 N–H and O–H groups in total. The van der Waals surface area contributed by atoms with Crippen LogP contribution in [0.4, 0.5) is 0 Å². The van der Waals surface area contributed by atoms with Crippen molar-refractivity contribution in [1.29, 1.82) is 0 Å². The number of hydrogen-bond donors (Lipinski definition) is 2. The van der Waals surface area contributed by atoms with Gasteiger partial charge in [-0.15, -0.1) is 0 Å². The maximum absolute atomic E-state index is 8.11. The molecule has 11 heteroatoms. The van der Waals surface area contributed by atoms with E-state index in [2.05, 4.69) is 0 Å². The SMILES string of the molecule is CC(O)CO.[Al+3].[Cl-].[Cl-].[Cl-].[Cl-].[Cl-].[Cl-].[Cl-].[Zr+4]. The minimum Gasteiger partial charge on any atom is -1.00 e. The van der Waals surface area contributed by atoms with Crippen LogP contribution in [0.3, 0.4) is 0 Å². The molecule has 0 saturated carbocycles. The summed E-state index contributed by atoms with van der Waals surface area (Å²) in [6.45, 7) is 1.39. The van der Waals surface area contributed by atoms with Crippen molar-refractivity contribution >= 4 is 17.4 Å². The summed E-state index contributed by atoms with van der Waals surface area (Å²) in [5.74, 6) is 0. The summed E-state index contributed by atoms with van der Waals surface area (Å²) in [6, 6.07) is 0. The summed E-state index contributed by atoms with van der Waals surface area (Å²) in [4.78, 5) is 0. The molecule has 0 aromatic heterocycles. The zero-order valence-electron chi connectivity index (χ0n) is 6.90. The van der Waals surface area contributed by atoms with Crippen molar-refractivity contribution in [2.45, 2.75) is 13.0 Å². The van der Waals surface area contributed by atoms with Crippen LogP contribution < -0.4 is 86.8 Å². The van der Waals surface area contributed by atoms with Gasteiger partial charge in [-0.25, -0.2) is 0 Å². The second-order valence-electron chi connectivity index (χ2n) is 1.03. The molecule has 1 atom stereocenters. The van der Waals surface area contributed by atoms with Gasteiger partial charge in [0.15, 0.2) is 0 Å². The normalized spacial score (nSPS) is 5.36. The Kier molecular flexibility index (Phi) is 436. The predicted octanol–water partition coefficient (Wildman–Crippen LogP) is -22.0. The predicted molar refractivity (Wildman–Crippen MR) is 24.5 cm³/mol. The Morgan fingerprint density at radius 2 is 0.929 bits per heavy atom. The van der Waals surface area contributed by atoms with Gasteiger partial charge in [0, 0.05) is 0 Å². The standard InChI is InChI=1S/C3H8O2.Al.7ClH.Zr/c1-3(5)2-4;;;;;;;;;/h3-5H,2H2,1H3;;7*1H;/q;+3;;;;;;;;+4/p-7. The minimum atomic E-state index is -0.560. The summed E-state index contributed by atoms with van der Waals surface area (Å²) in [5, 5.41) is 16.0. The molecule has 0 rings (SSSR count). The Balaban J connectivity index is -0.00000000222. The number of hydrogen-bond acceptors (Lipinski definition) is 2. The summed E-state index contributed by atoms with van der Waals surface area (Å²) in [5.41, 5.74) is 0. The van der Waals surface area contributed by atoms with Gasteiger partial charge in [-0.3, -0.25) is 0 Å². The van der Waals surface area contributed by atoms with E-state index in [0.29, 0.717) is 0 Å². The Labute approximate surface area is 158 Å². The molecule has 0 fully saturated rings. The number of halogens is 7. The number of rotatable bonds is 1. The molecule has 1 unspecified atom stereocenters. The van der Waals surface area contributed by atoms with Crippen molar-refractivity contribution in [3.05, 3.63) is 0 Å². The first kappa shape index (κ1) is 85.7. The van der Waals surface area contributed by atoms with Gasteiger partial charge in [0.2, 0.25) is 0 Å². The van der Waals surface area contributed by atoms with Crippen molar-refractivity contribution in [2.24, 2.45) is 0 Å². The van der Waals surface area contributed by atoms with Crippen LogP contribution in [0.15, 0.2) is 0 Å². The molecule has 0 bridgehead atoms. The Hall–Kier alpha value is 3.37. The van der Waals surface area contributed by atoms with Crippen molar-refractivity contribution in [3.8, 4) is 0 Å². The van der Waals surface area contributed by atoms with Crippen molar-refractivity contribution in [2.75, 3.05) is 6.61 Å². The fourth-order valence-corrected chi connectivity index (χ4v) is 0. The van der Waals surface area contributed by atoms with E-state index in [1.165, 1.54) is 6.92 Å². The van der Waals surface area contributed by atoms with Gasteiger partial charge < -0.3 is 97.1 Å². The number of aliphatic hydroxyl groups is 2. The van der Waals surface area contributed by atoms with Gasteiger partial charge in [-0.2, -0.15) is 0 Å². The fraction of sp³-hybridized carbons (Fsp3) is 1.00. The van der Waals surface area contributed by atoms with Crippen LogP contribution in [0.2, 0.25) is 0 Å². The molecule has 0 aliphatic rings. The largest absolute Gasteiger partial charge is 4.00 e. The molecule has 0 radical (unpaired) electrons. The molecular weight excluding hydrogens is 434 g/mol. The summed E-state index contributed by atoms with van der Waals surface area (Å²) in [7, 11) is 0. The van der Waals surface area contributed by atoms with Crippen LogP contribution in [-0.4, -0.2) is 40.3 Å². The van der Waals surface area contributed by atoms with Crippen LogP contribution >= 0.6 is 0 Å². The summed E-state index contributed by atoms with van der Waals surface area (Å²) < 4.78 is 0. The Morgan fingerprint density at radius 3 is 0.929 bits per heavy atom. The molecule has 0 aliphatic heterocycles. The molecule has 0 aromatic rings. The van der Waals surface area contributed by atoms with Crippen molar-refractivity contribution in [3.63, 3.8) is 0 Å². The summed E-state index contributed by atoms with van der Waals surface area (Å²) in [6.07, 6.45) is -0.560. The van der Waals surface area contributed by atoms with E-state index >= 15 is 0 Å². The zero-order valence-corrected chi connectivity index (χ0v) is 15.8. The quantitative estimate of drug-likeness (QED) is 0.396. The van der Waals surface area contributed by atoms with Gasteiger partial charge in [0.25, 0.3) is 0 Å². The van der Waals surface area contributed by atoms with Crippen molar-refractivity contribution in [1.82, 2.24) is 0 Å². The second-order valence-corrected chi connectivity index (χ2v) is 1.03. The van der Waals surface area contributed by atoms with E-state index in [1.807, 2.05) is 0 Å². The first-order valence-corrected chi connectivity index (χ1v) is 1.56. The van der Waals surface area contributed by atoms with Gasteiger partial charge in [-0.05, 0) is 6.92 Å². The Bertz CT molecular complexity index is 40.9. The third-order valence-electron chi connectivity index (χ3n) is 0.264. The number of aliphatic hydroxyl groups excluding tert-OH is 2. The molecule has 0 heterocycles. The monoisotopic (exact) mass is 438 g/mol. The van der Waals surface area contributed by atoms with Crippen molar-refractivity contribution < 1.29 is 123 Å². The molecule has 0 amide bonds. The average molecular weight is 442 g/mol. The average Bonchev–Trinajstić information content (AvgIpc) is 1.38. The van der Waals surface area contributed by atoms with E-state index in [-0.39, 0.29) is 137 Å². The van der Waals surface area contributed by atoms with Crippen LogP contribution in [-0.2, 0) is 26.2 Å². The molecule has 0 spiro atoms. The maximum Gasteiger partial charge on any atom is 4.00 e. The van der Waals surface area contributed by atoms with Gasteiger partial charge in [-0.1, -0.05) is 0 Å². The minimum absolute atomic E-state index is 0. The maximum atomic E-state index is 8.11. The molecule has 0 aromatic carbocycles. The van der Waals surface area contributed by atoms with Crippen LogP contribution in [0.25, 0.3) is 0 Å². The third-order valence-corrected chi connectivity index (χ3v) is 0.264. The van der Waals surface area contributed by atoms with E-state index in [1.54, 1.807) is 0 Å². The topological polar surface area (TPSA) is 40.5 Å². The van der Waals surface area contributed by atoms with Crippen LogP contribution in [0.1, 0.15) is 6.92 Å². The van der Waals surface area contributed by atoms with E-state index in [9.17, 15) is 0 Å². The van der Waals surface area contributed by atoms with E-state index in [4.69, 9.17) is 10.2 Å². The third kappa shape index (κ3) is 110. The zero-order chi connectivity index (χ0) is 4.28. The van der Waals surface area contributed by atoms with Crippen LogP contribution in [0, 0.1) is 0 Å². The molecule has 2 nitrogen and oxygen atoms in total. The van der Waals surface area contributed by atoms with Gasteiger partial charge >= 0.3 is 43.6 Å². The smallest absolute Gasteiger partial charge is 1.00 e. The molecule has 88 valence electrons. The Morgan fingerprint density at radius 1 is 0.857 bits per heavy atom. The fourth-order valence-electron chi connectivity index (χ4n) is 0.